The zero-order chi connectivity index (χ0) is 38.6. The van der Waals surface area contributed by atoms with E-state index in [1.807, 2.05) is 0 Å². The Morgan fingerprint density at radius 2 is 1.33 bits per heavy atom. The first kappa shape index (κ1) is 35.5. The number of carbonyl (C=O) groups excluding carboxylic acids is 2. The van der Waals surface area contributed by atoms with Gasteiger partial charge in [-0.05, 0) is 38.1 Å². The number of anilines is 2. The Kier molecular flexibility index (Phi) is 9.66. The van der Waals surface area contributed by atoms with Crippen molar-refractivity contribution in [3.8, 4) is 23.3 Å². The molecule has 0 atom stereocenters. The number of hydrazine groups is 1. The Labute approximate surface area is 309 Å². The number of rotatable bonds is 12. The van der Waals surface area contributed by atoms with E-state index < -0.39 is 18.4 Å². The van der Waals surface area contributed by atoms with E-state index >= 15 is 0 Å². The van der Waals surface area contributed by atoms with Gasteiger partial charge in [0.15, 0.2) is 63.7 Å². The number of hydrogen-bond donors (Lipinski definition) is 4. The molecule has 7 heterocycles. The first-order valence-electron chi connectivity index (χ1n) is 16.0. The van der Waals surface area contributed by atoms with Crippen LogP contribution in [0.4, 0.5) is 34.6 Å². The summed E-state index contributed by atoms with van der Waals surface area (Å²) in [4.78, 5) is 42.8. The smallest absolute Gasteiger partial charge is 0.343 e. The van der Waals surface area contributed by atoms with Crippen molar-refractivity contribution in [2.45, 2.75) is 13.8 Å². The molecule has 0 aromatic carbocycles. The number of ether oxygens (including phenoxy) is 1. The average Bonchev–Trinajstić information content (AvgIpc) is 3.99. The Bertz CT molecular complexity index is 2590. The number of aryl methyl sites for hydroxylation is 2. The maximum atomic E-state index is 12.8. The number of nitrogens with one attached hydrogen (secondary N) is 1. The number of aliphatic hydroxyl groups is 1. The number of nitrogens with two attached hydrogens (primary N) is 2. The summed E-state index contributed by atoms with van der Waals surface area (Å²) in [5, 5.41) is 44.6. The molecule has 0 aliphatic heterocycles. The van der Waals surface area contributed by atoms with Crippen LogP contribution in [0.1, 0.15) is 32.1 Å². The lowest BCUT2D eigenvalue weighted by atomic mass is 10.2. The van der Waals surface area contributed by atoms with Crippen LogP contribution in [0.15, 0.2) is 94.0 Å². The maximum absolute atomic E-state index is 12.8. The normalized spacial score (nSPS) is 11.5. The van der Waals surface area contributed by atoms with Crippen LogP contribution in [0.25, 0.3) is 23.3 Å². The van der Waals surface area contributed by atoms with Crippen molar-refractivity contribution in [1.29, 1.82) is 0 Å². The third-order valence-corrected chi connectivity index (χ3v) is 7.86. The predicted molar refractivity (Wildman–Crippen MR) is 192 cm³/mol. The van der Waals surface area contributed by atoms with Crippen LogP contribution in [0.5, 0.6) is 0 Å². The molecule has 0 bridgehead atoms. The molecule has 23 heteroatoms. The fourth-order valence-corrected chi connectivity index (χ4v) is 5.24. The fourth-order valence-electron chi connectivity index (χ4n) is 5.24. The Balaban J connectivity index is 1.29. The lowest BCUT2D eigenvalue weighted by molar-refractivity contribution is 0.0601. The Morgan fingerprint density at radius 3 is 1.91 bits per heavy atom. The van der Waals surface area contributed by atoms with Crippen LogP contribution in [0.3, 0.4) is 0 Å². The summed E-state index contributed by atoms with van der Waals surface area (Å²) in [6, 6.07) is 12.0. The minimum Gasteiger partial charge on any atom is -0.465 e. The predicted octanol–water partition coefficient (Wildman–Crippen LogP) is 3.29. The summed E-state index contributed by atoms with van der Waals surface area (Å²) in [6.45, 7) is 2.54. The molecule has 0 amide bonds. The van der Waals surface area contributed by atoms with Gasteiger partial charge in [-0.1, -0.05) is 12.1 Å². The van der Waals surface area contributed by atoms with Crippen molar-refractivity contribution in [2.24, 2.45) is 26.3 Å². The first-order chi connectivity index (χ1) is 26.7. The molecule has 7 aromatic heterocycles. The lowest BCUT2D eigenvalue weighted by Crippen LogP contribution is -2.12. The van der Waals surface area contributed by atoms with Crippen LogP contribution in [0, 0.1) is 13.8 Å². The van der Waals surface area contributed by atoms with Gasteiger partial charge in [-0.3, -0.25) is 4.79 Å². The SMILES string of the molecule is COC(=O)c1cnn(-c2cc(-n3ncc(C(=O)CO)c3/N=N/c3c(C)nn(-c4ccccn4)c3NN)ncn2)c1/N=N/c1c(C)nn(-c2ccccn2)c1N. The number of carbonyl (C=O) groups is 2. The molecule has 0 radical (unpaired) electrons. The molecule has 0 aliphatic carbocycles. The number of hydrogen-bond acceptors (Lipinski definition) is 19. The molecule has 0 aliphatic rings. The zero-order valence-corrected chi connectivity index (χ0v) is 29.1. The quantitative estimate of drug-likeness (QED) is 0.0459. The van der Waals surface area contributed by atoms with Gasteiger partial charge in [-0.15, -0.1) is 20.5 Å². The van der Waals surface area contributed by atoms with Crippen molar-refractivity contribution in [3.05, 3.63) is 96.1 Å². The number of methoxy groups -OCH3 is 1. The molecular formula is C32H29N19O4. The summed E-state index contributed by atoms with van der Waals surface area (Å²) in [5.74, 6) is 5.76. The number of aliphatic hydroxyl groups excluding tert-OH is 1. The van der Waals surface area contributed by atoms with Crippen LogP contribution < -0.4 is 17.0 Å². The monoisotopic (exact) mass is 743 g/mol. The second-order valence-electron chi connectivity index (χ2n) is 11.2. The Hall–Kier alpha value is -7.92. The second kappa shape index (κ2) is 15.0. The van der Waals surface area contributed by atoms with Crippen LogP contribution in [-0.4, -0.2) is 89.6 Å². The lowest BCUT2D eigenvalue weighted by Gasteiger charge is -2.08. The number of nitrogen functional groups attached to an aromatic ring is 2. The molecule has 7 rings (SSSR count). The third-order valence-electron chi connectivity index (χ3n) is 7.86. The molecule has 0 fully saturated rings. The highest BCUT2D eigenvalue weighted by atomic mass is 16.5. The molecule has 7 aromatic rings. The number of Topliss-reactive ketones (excluding diaryl/α,β-unsaturated/α-hetero) is 1. The molecule has 55 heavy (non-hydrogen) atoms. The van der Waals surface area contributed by atoms with Crippen LogP contribution in [-0.2, 0) is 4.74 Å². The fraction of sp³-hybridized carbons (Fsp3) is 0.125. The molecule has 0 spiro atoms. The van der Waals surface area contributed by atoms with Crippen LogP contribution >= 0.6 is 0 Å². The number of nitrogens with zero attached hydrogens (tertiary/aromatic N) is 16. The minimum absolute atomic E-state index is 0.0462. The standard InChI is InChI=1S/C32H29N19O4/c1-17-26(28(33)48(46-17)22-8-4-6-10-35-22)42-45-30-20(32(54)55-3)14-40-50(30)25-12-24(37-16-38-25)49-29(19(13-39-49)21(53)15-52)44-43-27-18(2)47-51(31(27)41-34)23-9-5-7-11-36-23/h4-14,16,41,52H,15,33-34H2,1-3H3/b44-43+,45-42+. The van der Waals surface area contributed by atoms with E-state index in [1.165, 1.54) is 50.6 Å². The van der Waals surface area contributed by atoms with E-state index in [2.05, 4.69) is 66.2 Å². The highest BCUT2D eigenvalue weighted by Gasteiger charge is 2.24. The van der Waals surface area contributed by atoms with Gasteiger partial charge in [-0.25, -0.2) is 30.6 Å². The van der Waals surface area contributed by atoms with Crippen molar-refractivity contribution in [1.82, 2.24) is 59.1 Å². The molecule has 276 valence electrons. The summed E-state index contributed by atoms with van der Waals surface area (Å²) in [5.41, 5.74) is 10.2. The van der Waals surface area contributed by atoms with Crippen LogP contribution in [0.2, 0.25) is 0 Å². The summed E-state index contributed by atoms with van der Waals surface area (Å²) in [7, 11) is 1.21. The summed E-state index contributed by atoms with van der Waals surface area (Å²) in [6.07, 6.45) is 6.83. The van der Waals surface area contributed by atoms with E-state index in [-0.39, 0.29) is 57.4 Å². The summed E-state index contributed by atoms with van der Waals surface area (Å²) >= 11 is 0. The van der Waals surface area contributed by atoms with Gasteiger partial charge in [0.05, 0.1) is 36.5 Å². The number of azo groups is 2. The Morgan fingerprint density at radius 1 is 0.764 bits per heavy atom. The number of esters is 1. The molecule has 6 N–H and O–H groups in total. The molecule has 0 unspecified atom stereocenters. The molecule has 0 saturated heterocycles. The summed E-state index contributed by atoms with van der Waals surface area (Å²) < 4.78 is 10.2. The number of aromatic nitrogens is 12. The molecular weight excluding hydrogens is 714 g/mol. The largest absolute Gasteiger partial charge is 0.465 e. The van der Waals surface area contributed by atoms with E-state index in [9.17, 15) is 14.7 Å². The van der Waals surface area contributed by atoms with Gasteiger partial charge in [-0.2, -0.15) is 39.1 Å². The van der Waals surface area contributed by atoms with Crippen molar-refractivity contribution < 1.29 is 19.4 Å². The zero-order valence-electron chi connectivity index (χ0n) is 29.1. The van der Waals surface area contributed by atoms with E-state index in [0.29, 0.717) is 23.0 Å². The molecule has 0 saturated carbocycles. The molecule has 23 nitrogen and oxygen atoms in total. The van der Waals surface area contributed by atoms with Gasteiger partial charge in [0, 0.05) is 18.5 Å². The van der Waals surface area contributed by atoms with E-state index in [4.69, 9.17) is 16.3 Å². The van der Waals surface area contributed by atoms with Gasteiger partial charge >= 0.3 is 5.97 Å². The van der Waals surface area contributed by atoms with E-state index in [0.717, 1.165) is 0 Å². The highest BCUT2D eigenvalue weighted by molar-refractivity contribution is 6.00. The average molecular weight is 744 g/mol. The first-order valence-corrected chi connectivity index (χ1v) is 16.0. The van der Waals surface area contributed by atoms with Crippen molar-refractivity contribution in [3.63, 3.8) is 0 Å². The van der Waals surface area contributed by atoms with Gasteiger partial charge in [0.2, 0.25) is 0 Å². The number of ketones is 1. The minimum atomic E-state index is -0.835. The topological polar surface area (TPSA) is 300 Å². The number of pyridine rings is 2. The highest BCUT2D eigenvalue weighted by Crippen LogP contribution is 2.35. The second-order valence-corrected chi connectivity index (χ2v) is 11.2. The van der Waals surface area contributed by atoms with Crippen molar-refractivity contribution in [2.75, 3.05) is 24.9 Å². The van der Waals surface area contributed by atoms with Crippen molar-refractivity contribution >= 4 is 46.4 Å². The van der Waals surface area contributed by atoms with Gasteiger partial charge in [0.1, 0.15) is 18.5 Å². The third kappa shape index (κ3) is 6.64. The van der Waals surface area contributed by atoms with Gasteiger partial charge in [0.25, 0.3) is 0 Å². The van der Waals surface area contributed by atoms with Gasteiger partial charge < -0.3 is 21.0 Å². The maximum Gasteiger partial charge on any atom is 0.343 e. The van der Waals surface area contributed by atoms with E-state index in [1.54, 1.807) is 62.6 Å².